The Labute approximate surface area is 154 Å². The van der Waals surface area contributed by atoms with Crippen LogP contribution in [0, 0.1) is 5.82 Å². The highest BCUT2D eigenvalue weighted by atomic mass is 19.1. The number of fused-ring (bicyclic) bond motifs is 1. The van der Waals surface area contributed by atoms with Crippen LogP contribution >= 0.6 is 0 Å². The van der Waals surface area contributed by atoms with Crippen LogP contribution in [0.5, 0.6) is 0 Å². The van der Waals surface area contributed by atoms with E-state index in [9.17, 15) is 9.18 Å². The molecule has 0 saturated carbocycles. The van der Waals surface area contributed by atoms with Crippen LogP contribution < -0.4 is 5.43 Å². The molecule has 27 heavy (non-hydrogen) atoms. The van der Waals surface area contributed by atoms with E-state index in [1.807, 2.05) is 42.5 Å². The molecule has 0 bridgehead atoms. The van der Waals surface area contributed by atoms with Gasteiger partial charge in [0.15, 0.2) is 0 Å². The van der Waals surface area contributed by atoms with E-state index < -0.39 is 5.91 Å². The lowest BCUT2D eigenvalue weighted by Crippen LogP contribution is -2.18. The van der Waals surface area contributed by atoms with Crippen LogP contribution in [-0.2, 0) is 0 Å². The first-order chi connectivity index (χ1) is 13.2. The predicted molar refractivity (Wildman–Crippen MR) is 103 cm³/mol. The molecule has 1 heterocycles. The van der Waals surface area contributed by atoms with E-state index in [1.54, 1.807) is 18.2 Å². The van der Waals surface area contributed by atoms with E-state index in [4.69, 9.17) is 0 Å². The third kappa shape index (κ3) is 3.74. The average Bonchev–Trinajstić information content (AvgIpc) is 3.18. The average molecular weight is 358 g/mol. The van der Waals surface area contributed by atoms with Crippen molar-refractivity contribution < 1.29 is 9.18 Å². The maximum absolute atomic E-state index is 13.1. The summed E-state index contributed by atoms with van der Waals surface area (Å²) in [6.45, 7) is 0. The van der Waals surface area contributed by atoms with Gasteiger partial charge in [0.2, 0.25) is 0 Å². The fourth-order valence-electron chi connectivity index (χ4n) is 2.75. The molecule has 6 heteroatoms. The molecule has 0 saturated heterocycles. The summed E-state index contributed by atoms with van der Waals surface area (Å²) in [6.07, 6.45) is 1.38. The lowest BCUT2D eigenvalue weighted by molar-refractivity contribution is 0.0950. The summed E-state index contributed by atoms with van der Waals surface area (Å²) in [6, 6.07) is 21.6. The highest BCUT2D eigenvalue weighted by molar-refractivity contribution is 5.94. The highest BCUT2D eigenvalue weighted by Gasteiger charge is 2.10. The summed E-state index contributed by atoms with van der Waals surface area (Å²) in [5, 5.41) is 13.0. The summed E-state index contributed by atoms with van der Waals surface area (Å²) >= 11 is 0. The maximum atomic E-state index is 13.1. The van der Waals surface area contributed by atoms with Crippen molar-refractivity contribution in [1.82, 2.24) is 15.6 Å². The lowest BCUT2D eigenvalue weighted by atomic mass is 10.1. The van der Waals surface area contributed by atoms with Crippen LogP contribution in [0.15, 0.2) is 77.9 Å². The Balaban J connectivity index is 1.48. The number of hydrogen-bond donors (Lipinski definition) is 2. The Kier molecular flexibility index (Phi) is 4.45. The number of nitrogens with one attached hydrogen (secondary N) is 2. The van der Waals surface area contributed by atoms with Crippen LogP contribution in [0.2, 0.25) is 0 Å². The van der Waals surface area contributed by atoms with Crippen molar-refractivity contribution in [2.45, 2.75) is 0 Å². The van der Waals surface area contributed by atoms with Crippen LogP contribution in [-0.4, -0.2) is 22.3 Å². The van der Waals surface area contributed by atoms with Gasteiger partial charge < -0.3 is 0 Å². The second kappa shape index (κ2) is 7.21. The minimum Gasteiger partial charge on any atom is -0.272 e. The van der Waals surface area contributed by atoms with E-state index >= 15 is 0 Å². The van der Waals surface area contributed by atoms with Gasteiger partial charge in [-0.25, -0.2) is 9.82 Å². The Morgan fingerprint density at radius 1 is 1.00 bits per heavy atom. The van der Waals surface area contributed by atoms with Gasteiger partial charge in [0.1, 0.15) is 11.5 Å². The molecule has 0 aliphatic heterocycles. The lowest BCUT2D eigenvalue weighted by Gasteiger charge is -2.00. The van der Waals surface area contributed by atoms with Crippen molar-refractivity contribution in [1.29, 1.82) is 0 Å². The number of H-pyrrole nitrogens is 1. The molecule has 132 valence electrons. The first-order valence-electron chi connectivity index (χ1n) is 8.32. The fraction of sp³-hybridized carbons (Fsp3) is 0. The normalized spacial score (nSPS) is 11.1. The number of aromatic amines is 1. The molecule has 0 aliphatic carbocycles. The first kappa shape index (κ1) is 16.7. The SMILES string of the molecule is O=C(NN=Cc1cccc(F)c1)c1cc(-c2ccc3ccccc3c2)n[nH]1. The summed E-state index contributed by atoms with van der Waals surface area (Å²) < 4.78 is 13.1. The monoisotopic (exact) mass is 358 g/mol. The van der Waals surface area contributed by atoms with Gasteiger partial charge in [-0.1, -0.05) is 48.5 Å². The van der Waals surface area contributed by atoms with Gasteiger partial charge in [0.25, 0.3) is 5.91 Å². The minimum atomic E-state index is -0.429. The molecule has 0 unspecified atom stereocenters. The summed E-state index contributed by atoms with van der Waals surface area (Å²) in [5.74, 6) is -0.791. The summed E-state index contributed by atoms with van der Waals surface area (Å²) in [4.78, 5) is 12.2. The number of amides is 1. The molecule has 3 aromatic carbocycles. The minimum absolute atomic E-state index is 0.287. The zero-order valence-electron chi connectivity index (χ0n) is 14.2. The fourth-order valence-corrected chi connectivity index (χ4v) is 2.75. The number of aromatic nitrogens is 2. The summed E-state index contributed by atoms with van der Waals surface area (Å²) in [7, 11) is 0. The van der Waals surface area contributed by atoms with Gasteiger partial charge in [-0.15, -0.1) is 0 Å². The molecule has 0 fully saturated rings. The Morgan fingerprint density at radius 3 is 2.70 bits per heavy atom. The predicted octanol–water partition coefficient (Wildman–Crippen LogP) is 4.13. The van der Waals surface area contributed by atoms with Gasteiger partial charge >= 0.3 is 0 Å². The molecule has 4 aromatic rings. The number of hydrazone groups is 1. The van der Waals surface area contributed by atoms with E-state index in [1.165, 1.54) is 18.3 Å². The molecule has 0 aliphatic rings. The van der Waals surface area contributed by atoms with Gasteiger partial charge in [-0.2, -0.15) is 10.2 Å². The number of hydrogen-bond acceptors (Lipinski definition) is 3. The molecular weight excluding hydrogens is 343 g/mol. The maximum Gasteiger partial charge on any atom is 0.289 e. The molecule has 2 N–H and O–H groups in total. The van der Waals surface area contributed by atoms with E-state index in [2.05, 4.69) is 20.7 Å². The van der Waals surface area contributed by atoms with E-state index in [0.717, 1.165) is 16.3 Å². The zero-order valence-corrected chi connectivity index (χ0v) is 14.2. The number of carbonyl (C=O) groups is 1. The van der Waals surface area contributed by atoms with E-state index in [0.29, 0.717) is 11.3 Å². The number of rotatable bonds is 4. The van der Waals surface area contributed by atoms with Gasteiger partial charge in [-0.05, 0) is 40.6 Å². The molecule has 1 amide bonds. The van der Waals surface area contributed by atoms with E-state index in [-0.39, 0.29) is 11.5 Å². The van der Waals surface area contributed by atoms with Crippen LogP contribution in [0.3, 0.4) is 0 Å². The molecule has 5 nitrogen and oxygen atoms in total. The highest BCUT2D eigenvalue weighted by Crippen LogP contribution is 2.23. The summed E-state index contributed by atoms with van der Waals surface area (Å²) in [5.41, 5.74) is 4.81. The van der Waals surface area contributed by atoms with Crippen molar-refractivity contribution in [3.63, 3.8) is 0 Å². The molecule has 1 aromatic heterocycles. The second-order valence-corrected chi connectivity index (χ2v) is 5.98. The Bertz CT molecular complexity index is 1150. The van der Waals surface area contributed by atoms with Crippen molar-refractivity contribution in [3.8, 4) is 11.3 Å². The standard InChI is InChI=1S/C21H15FN4O/c22-18-7-3-4-14(10-18)13-23-26-21(27)20-12-19(24-25-20)17-9-8-15-5-1-2-6-16(15)11-17/h1-13H,(H,24,25)(H,26,27). The molecule has 0 atom stereocenters. The van der Waals surface area contributed by atoms with Crippen LogP contribution in [0.25, 0.3) is 22.0 Å². The molecule has 0 radical (unpaired) electrons. The number of nitrogens with zero attached hydrogens (tertiary/aromatic N) is 2. The van der Waals surface area contributed by atoms with Crippen molar-refractivity contribution in [3.05, 3.63) is 89.9 Å². The Morgan fingerprint density at radius 2 is 1.85 bits per heavy atom. The van der Waals surface area contributed by atoms with Crippen LogP contribution in [0.4, 0.5) is 4.39 Å². The second-order valence-electron chi connectivity index (χ2n) is 5.98. The molecule has 4 rings (SSSR count). The number of carbonyl (C=O) groups excluding carboxylic acids is 1. The van der Waals surface area contributed by atoms with Gasteiger partial charge in [0.05, 0.1) is 11.9 Å². The van der Waals surface area contributed by atoms with Crippen LogP contribution in [0.1, 0.15) is 16.1 Å². The van der Waals surface area contributed by atoms with Gasteiger partial charge in [0, 0.05) is 5.56 Å². The zero-order chi connectivity index (χ0) is 18.6. The molecule has 0 spiro atoms. The third-order valence-corrected chi connectivity index (χ3v) is 4.10. The topological polar surface area (TPSA) is 70.1 Å². The van der Waals surface area contributed by atoms with Crippen molar-refractivity contribution >= 4 is 22.9 Å². The van der Waals surface area contributed by atoms with Gasteiger partial charge in [-0.3, -0.25) is 9.89 Å². The first-order valence-corrected chi connectivity index (χ1v) is 8.32. The largest absolute Gasteiger partial charge is 0.289 e. The number of halogens is 1. The molecular formula is C21H15FN4O. The Hall–Kier alpha value is -3.80. The van der Waals surface area contributed by atoms with Crippen molar-refractivity contribution in [2.75, 3.05) is 0 Å². The quantitative estimate of drug-likeness (QED) is 0.425. The smallest absolute Gasteiger partial charge is 0.272 e. The number of benzene rings is 3. The van der Waals surface area contributed by atoms with Crippen molar-refractivity contribution in [2.24, 2.45) is 5.10 Å². The third-order valence-electron chi connectivity index (χ3n) is 4.10.